The van der Waals surface area contributed by atoms with Gasteiger partial charge in [-0.05, 0) is 12.1 Å². The lowest BCUT2D eigenvalue weighted by molar-refractivity contribution is 0.505. The zero-order valence-electron chi connectivity index (χ0n) is 9.81. The topological polar surface area (TPSA) is 48.9 Å². The van der Waals surface area contributed by atoms with Gasteiger partial charge in [0.2, 0.25) is 0 Å². The molecule has 2 heterocycles. The smallest absolute Gasteiger partial charge is 0.245 e. The minimum atomic E-state index is -0.255. The maximum absolute atomic E-state index is 12.5. The molecule has 1 aromatic carbocycles. The number of rotatable bonds is 1. The van der Waals surface area contributed by atoms with Gasteiger partial charge in [-0.25, -0.2) is 23.5 Å². The zero-order chi connectivity index (χ0) is 13.1. The van der Waals surface area contributed by atoms with Gasteiger partial charge in [-0.15, -0.1) is 0 Å². The standard InChI is InChI=1S/C13H10IN3O2/c14-11-9-6-7-10(11)17-13(19)15(12(18)16(9)17)8-4-2-1-3-5-8/h1-7,9-11H/t9-,10+,11?. The van der Waals surface area contributed by atoms with E-state index in [9.17, 15) is 9.59 Å². The van der Waals surface area contributed by atoms with Gasteiger partial charge in [-0.2, -0.15) is 0 Å². The lowest BCUT2D eigenvalue weighted by Gasteiger charge is -2.07. The maximum atomic E-state index is 12.5. The highest BCUT2D eigenvalue weighted by Gasteiger charge is 2.44. The third-order valence-corrected chi connectivity index (χ3v) is 5.22. The molecule has 0 saturated carbocycles. The van der Waals surface area contributed by atoms with Gasteiger partial charge < -0.3 is 0 Å². The van der Waals surface area contributed by atoms with E-state index in [0.29, 0.717) is 5.69 Å². The van der Waals surface area contributed by atoms with Crippen LogP contribution in [0.3, 0.4) is 0 Å². The predicted molar refractivity (Wildman–Crippen MR) is 79.3 cm³/mol. The zero-order valence-corrected chi connectivity index (χ0v) is 12.0. The van der Waals surface area contributed by atoms with Crippen LogP contribution in [0.4, 0.5) is 0 Å². The van der Waals surface area contributed by atoms with E-state index in [1.807, 2.05) is 30.4 Å². The van der Waals surface area contributed by atoms with Crippen LogP contribution in [-0.2, 0) is 0 Å². The number of nitrogens with zero attached hydrogens (tertiary/aromatic N) is 3. The van der Waals surface area contributed by atoms with E-state index < -0.39 is 0 Å². The number of para-hydroxylation sites is 1. The average Bonchev–Trinajstić information content (AvgIpc) is 3.01. The Morgan fingerprint density at radius 1 is 0.895 bits per heavy atom. The van der Waals surface area contributed by atoms with Crippen molar-refractivity contribution in [2.75, 3.05) is 0 Å². The van der Waals surface area contributed by atoms with E-state index >= 15 is 0 Å². The largest absolute Gasteiger partial charge is 0.352 e. The molecule has 1 aliphatic carbocycles. The molecule has 1 unspecified atom stereocenters. The minimum Gasteiger partial charge on any atom is -0.245 e. The second-order valence-corrected chi connectivity index (χ2v) is 6.17. The van der Waals surface area contributed by atoms with Gasteiger partial charge in [-0.1, -0.05) is 52.9 Å². The first-order valence-electron chi connectivity index (χ1n) is 6.04. The van der Waals surface area contributed by atoms with E-state index in [4.69, 9.17) is 0 Å². The van der Waals surface area contributed by atoms with Crippen molar-refractivity contribution in [1.29, 1.82) is 0 Å². The Labute approximate surface area is 121 Å². The van der Waals surface area contributed by atoms with Gasteiger partial charge in [0, 0.05) is 0 Å². The highest BCUT2D eigenvalue weighted by molar-refractivity contribution is 14.1. The van der Waals surface area contributed by atoms with Crippen LogP contribution < -0.4 is 11.4 Å². The highest BCUT2D eigenvalue weighted by atomic mass is 127. The van der Waals surface area contributed by atoms with Crippen molar-refractivity contribution < 1.29 is 0 Å². The summed E-state index contributed by atoms with van der Waals surface area (Å²) in [6.07, 6.45) is 4.02. The summed E-state index contributed by atoms with van der Waals surface area (Å²) in [7, 11) is 0. The summed E-state index contributed by atoms with van der Waals surface area (Å²) in [5, 5.41) is 0. The second-order valence-electron chi connectivity index (χ2n) is 4.74. The molecule has 1 aromatic heterocycles. The third kappa shape index (κ3) is 1.29. The molecule has 6 heteroatoms. The van der Waals surface area contributed by atoms with E-state index in [0.717, 1.165) is 0 Å². The first-order valence-corrected chi connectivity index (χ1v) is 7.28. The molecule has 0 radical (unpaired) electrons. The van der Waals surface area contributed by atoms with Crippen LogP contribution in [0.15, 0.2) is 52.1 Å². The van der Waals surface area contributed by atoms with E-state index in [-0.39, 0.29) is 27.4 Å². The summed E-state index contributed by atoms with van der Waals surface area (Å²) >= 11 is 2.31. The van der Waals surface area contributed by atoms with Gasteiger partial charge in [0.1, 0.15) is 0 Å². The minimum absolute atomic E-state index is 0.00392. The summed E-state index contributed by atoms with van der Waals surface area (Å²) in [5.74, 6) is 0. The van der Waals surface area contributed by atoms with Crippen molar-refractivity contribution in [2.24, 2.45) is 0 Å². The van der Waals surface area contributed by atoms with E-state index in [1.165, 1.54) is 4.57 Å². The molecule has 4 rings (SSSR count). The fourth-order valence-electron chi connectivity index (χ4n) is 2.89. The number of fused-ring (bicyclic) bond motifs is 5. The number of aromatic nitrogens is 3. The molecule has 0 amide bonds. The molecule has 2 bridgehead atoms. The Bertz CT molecular complexity index is 754. The third-order valence-electron chi connectivity index (χ3n) is 3.74. The Hall–Kier alpha value is -1.57. The number of alkyl halides is 1. The molecule has 0 fully saturated rings. The normalized spacial score (nSPS) is 26.9. The molecule has 19 heavy (non-hydrogen) atoms. The summed E-state index contributed by atoms with van der Waals surface area (Å²) in [4.78, 5) is 25.0. The van der Waals surface area contributed by atoms with Crippen LogP contribution >= 0.6 is 22.6 Å². The Balaban J connectivity index is 2.03. The fraction of sp³-hybridized carbons (Fsp3) is 0.231. The summed E-state index contributed by atoms with van der Waals surface area (Å²) in [6.45, 7) is 0. The van der Waals surface area contributed by atoms with Crippen molar-refractivity contribution in [3.8, 4) is 5.69 Å². The van der Waals surface area contributed by atoms with Crippen molar-refractivity contribution >= 4 is 22.6 Å². The monoisotopic (exact) mass is 367 g/mol. The molecular weight excluding hydrogens is 357 g/mol. The number of hydrogen-bond acceptors (Lipinski definition) is 2. The Morgan fingerprint density at radius 2 is 1.42 bits per heavy atom. The molecule has 0 spiro atoms. The van der Waals surface area contributed by atoms with Crippen LogP contribution in [0.2, 0.25) is 0 Å². The van der Waals surface area contributed by atoms with Gasteiger partial charge in [-0.3, -0.25) is 0 Å². The molecular formula is C13H10IN3O2. The van der Waals surface area contributed by atoms with Crippen LogP contribution in [0, 0.1) is 0 Å². The van der Waals surface area contributed by atoms with Crippen molar-refractivity contribution in [3.63, 3.8) is 0 Å². The first-order chi connectivity index (χ1) is 9.20. The Kier molecular flexibility index (Phi) is 2.21. The van der Waals surface area contributed by atoms with Gasteiger partial charge in [0.05, 0.1) is 21.7 Å². The van der Waals surface area contributed by atoms with Gasteiger partial charge in [0.25, 0.3) is 0 Å². The van der Waals surface area contributed by atoms with Crippen LogP contribution in [0.1, 0.15) is 12.1 Å². The van der Waals surface area contributed by atoms with Crippen molar-refractivity contribution in [3.05, 3.63) is 63.5 Å². The molecule has 96 valence electrons. The highest BCUT2D eigenvalue weighted by Crippen LogP contribution is 2.41. The molecule has 1 aliphatic heterocycles. The lowest BCUT2D eigenvalue weighted by Crippen LogP contribution is -2.30. The Morgan fingerprint density at radius 3 is 1.95 bits per heavy atom. The first kappa shape index (κ1) is 11.3. The molecule has 0 saturated heterocycles. The quantitative estimate of drug-likeness (QED) is 0.433. The summed E-state index contributed by atoms with van der Waals surface area (Å²) < 4.78 is 4.66. The summed E-state index contributed by atoms with van der Waals surface area (Å²) in [5.41, 5.74) is 0.112. The second kappa shape index (κ2) is 3.72. The molecule has 0 N–H and O–H groups in total. The summed E-state index contributed by atoms with van der Waals surface area (Å²) in [6, 6.07) is 9.05. The van der Waals surface area contributed by atoms with Crippen molar-refractivity contribution in [2.45, 2.75) is 16.0 Å². The number of halogens is 1. The van der Waals surface area contributed by atoms with Crippen LogP contribution in [-0.4, -0.2) is 17.9 Å². The number of allylic oxidation sites excluding steroid dienone is 2. The van der Waals surface area contributed by atoms with Gasteiger partial charge >= 0.3 is 11.4 Å². The number of hydrogen-bond donors (Lipinski definition) is 0. The van der Waals surface area contributed by atoms with Crippen molar-refractivity contribution in [1.82, 2.24) is 13.9 Å². The maximum Gasteiger partial charge on any atom is 0.352 e. The van der Waals surface area contributed by atoms with E-state index in [1.54, 1.807) is 21.5 Å². The molecule has 5 nitrogen and oxygen atoms in total. The molecule has 2 aromatic rings. The van der Waals surface area contributed by atoms with Gasteiger partial charge in [0.15, 0.2) is 0 Å². The van der Waals surface area contributed by atoms with E-state index in [2.05, 4.69) is 22.6 Å². The van der Waals surface area contributed by atoms with Crippen LogP contribution in [0.25, 0.3) is 5.69 Å². The average molecular weight is 367 g/mol. The lowest BCUT2D eigenvalue weighted by atomic mass is 10.2. The molecule has 3 atom stereocenters. The van der Waals surface area contributed by atoms with Crippen LogP contribution in [0.5, 0.6) is 0 Å². The fourth-order valence-corrected chi connectivity index (χ4v) is 3.97. The number of benzene rings is 1. The SMILES string of the molecule is O=c1n(-c2ccccc2)c(=O)n2n1[C@@H]1C=C[C@H]2C1I. The molecule has 2 aliphatic rings. The predicted octanol–water partition coefficient (Wildman–Crippen LogP) is 1.27.